The van der Waals surface area contributed by atoms with E-state index in [1.54, 1.807) is 0 Å². The third kappa shape index (κ3) is 11.3. The average molecular weight is 346 g/mol. The lowest BCUT2D eigenvalue weighted by molar-refractivity contribution is 0.257. The second-order valence-electron chi connectivity index (χ2n) is 6.46. The molecule has 0 radical (unpaired) electrons. The predicted molar refractivity (Wildman–Crippen MR) is 90.6 cm³/mol. The number of imidazole rings is 1. The topological polar surface area (TPSA) is 92.4 Å². The van der Waals surface area contributed by atoms with Crippen molar-refractivity contribution in [2.45, 2.75) is 71.3 Å². The van der Waals surface area contributed by atoms with Crippen LogP contribution in [0.5, 0.6) is 0 Å². The Balaban J connectivity index is 0.000000463. The highest BCUT2D eigenvalue weighted by atomic mass is 32.3. The summed E-state index contributed by atoms with van der Waals surface area (Å²) in [6.07, 6.45) is 18.9. The second-order valence-corrected chi connectivity index (χ2v) is 7.35. The van der Waals surface area contributed by atoms with Crippen molar-refractivity contribution in [3.63, 3.8) is 0 Å². The minimum absolute atomic E-state index is 0.863. The Morgan fingerprint density at radius 3 is 2.43 bits per heavy atom. The molecule has 0 aromatic carbocycles. The first-order valence-corrected chi connectivity index (χ1v) is 9.93. The molecule has 7 heteroatoms. The zero-order chi connectivity index (χ0) is 17.1. The van der Waals surface area contributed by atoms with Gasteiger partial charge in [0.1, 0.15) is 0 Å². The molecule has 1 unspecified atom stereocenters. The third-order valence-electron chi connectivity index (χ3n) is 4.39. The van der Waals surface area contributed by atoms with E-state index >= 15 is 0 Å². The first kappa shape index (κ1) is 20.1. The quantitative estimate of drug-likeness (QED) is 0.728. The SMILES string of the molecule is CCCCC(CC1CCCCC1)Cn1ccnc1.O=S(=O)(O)O. The van der Waals surface area contributed by atoms with E-state index in [9.17, 15) is 0 Å². The fourth-order valence-corrected chi connectivity index (χ4v) is 3.36. The van der Waals surface area contributed by atoms with Gasteiger partial charge in [0.15, 0.2) is 0 Å². The predicted octanol–water partition coefficient (Wildman–Crippen LogP) is 4.01. The molecule has 1 aromatic rings. The Morgan fingerprint density at radius 1 is 1.26 bits per heavy atom. The summed E-state index contributed by atoms with van der Waals surface area (Å²) in [6, 6.07) is 0. The van der Waals surface area contributed by atoms with E-state index in [0.29, 0.717) is 0 Å². The molecule has 0 spiro atoms. The number of aromatic nitrogens is 2. The summed E-state index contributed by atoms with van der Waals surface area (Å²) < 4.78 is 33.9. The third-order valence-corrected chi connectivity index (χ3v) is 4.39. The number of rotatable bonds is 7. The van der Waals surface area contributed by atoms with Gasteiger partial charge in [0.25, 0.3) is 0 Å². The van der Waals surface area contributed by atoms with E-state index in [2.05, 4.69) is 22.7 Å². The van der Waals surface area contributed by atoms with Crippen LogP contribution in [0, 0.1) is 11.8 Å². The lowest BCUT2D eigenvalue weighted by atomic mass is 9.81. The van der Waals surface area contributed by atoms with Gasteiger partial charge in [-0.1, -0.05) is 51.9 Å². The normalized spacial score (nSPS) is 17.3. The molecule has 2 N–H and O–H groups in total. The molecule has 0 bridgehead atoms. The maximum Gasteiger partial charge on any atom is 0.394 e. The van der Waals surface area contributed by atoms with Crippen LogP contribution < -0.4 is 0 Å². The van der Waals surface area contributed by atoms with Gasteiger partial charge in [-0.15, -0.1) is 0 Å². The smallest absolute Gasteiger partial charge is 0.337 e. The second kappa shape index (κ2) is 10.8. The van der Waals surface area contributed by atoms with Crippen molar-refractivity contribution in [2.75, 3.05) is 0 Å². The first-order chi connectivity index (χ1) is 10.9. The number of hydrogen-bond acceptors (Lipinski definition) is 3. The first-order valence-electron chi connectivity index (χ1n) is 8.54. The maximum absolute atomic E-state index is 8.74. The molecule has 23 heavy (non-hydrogen) atoms. The van der Waals surface area contributed by atoms with Crippen molar-refractivity contribution in [1.29, 1.82) is 0 Å². The molecule has 0 aliphatic heterocycles. The number of hydrogen-bond donors (Lipinski definition) is 2. The standard InChI is InChI=1S/C16H28N2.H2O4S/c1-2-3-7-16(13-18-11-10-17-14-18)12-15-8-5-4-6-9-15;1-5(2,3)4/h10-11,14-16H,2-9,12-13H2,1H3;(H2,1,2,3,4). The van der Waals surface area contributed by atoms with Gasteiger partial charge in [0.05, 0.1) is 6.33 Å². The molecule has 1 aromatic heterocycles. The van der Waals surface area contributed by atoms with E-state index in [-0.39, 0.29) is 0 Å². The molecular weight excluding hydrogens is 316 g/mol. The summed E-state index contributed by atoms with van der Waals surface area (Å²) >= 11 is 0. The van der Waals surface area contributed by atoms with Crippen molar-refractivity contribution in [2.24, 2.45) is 11.8 Å². The van der Waals surface area contributed by atoms with Gasteiger partial charge in [-0.05, 0) is 24.7 Å². The Morgan fingerprint density at radius 2 is 1.91 bits per heavy atom. The van der Waals surface area contributed by atoms with Gasteiger partial charge in [-0.25, -0.2) is 4.98 Å². The zero-order valence-electron chi connectivity index (χ0n) is 14.0. The molecule has 0 saturated heterocycles. The van der Waals surface area contributed by atoms with Crippen LogP contribution >= 0.6 is 0 Å². The van der Waals surface area contributed by atoms with Crippen LogP contribution in [0.2, 0.25) is 0 Å². The summed E-state index contributed by atoms with van der Waals surface area (Å²) in [6.45, 7) is 3.48. The van der Waals surface area contributed by atoms with Gasteiger partial charge < -0.3 is 4.57 Å². The number of unbranched alkanes of at least 4 members (excludes halogenated alkanes) is 1. The summed E-state index contributed by atoms with van der Waals surface area (Å²) in [5.74, 6) is 1.87. The van der Waals surface area contributed by atoms with Gasteiger partial charge in [-0.3, -0.25) is 9.11 Å². The molecular formula is C16H30N2O4S. The largest absolute Gasteiger partial charge is 0.394 e. The van der Waals surface area contributed by atoms with Crippen LogP contribution in [0.3, 0.4) is 0 Å². The zero-order valence-corrected chi connectivity index (χ0v) is 14.8. The summed E-state index contributed by atoms with van der Waals surface area (Å²) in [4.78, 5) is 4.17. The van der Waals surface area contributed by atoms with Crippen LogP contribution in [0.25, 0.3) is 0 Å². The lowest BCUT2D eigenvalue weighted by Crippen LogP contribution is -2.16. The Bertz CT molecular complexity index is 488. The van der Waals surface area contributed by atoms with Gasteiger partial charge in [0, 0.05) is 18.9 Å². The maximum atomic E-state index is 8.74. The molecule has 2 rings (SSSR count). The van der Waals surface area contributed by atoms with Crippen LogP contribution in [0.1, 0.15) is 64.7 Å². The van der Waals surface area contributed by atoms with E-state index < -0.39 is 10.4 Å². The van der Waals surface area contributed by atoms with Crippen molar-refractivity contribution < 1.29 is 17.5 Å². The average Bonchev–Trinajstić information content (AvgIpc) is 2.97. The molecule has 1 heterocycles. The molecule has 6 nitrogen and oxygen atoms in total. The van der Waals surface area contributed by atoms with Crippen molar-refractivity contribution >= 4 is 10.4 Å². The van der Waals surface area contributed by atoms with Crippen LogP contribution in [-0.2, 0) is 16.9 Å². The van der Waals surface area contributed by atoms with Gasteiger partial charge >= 0.3 is 10.4 Å². The van der Waals surface area contributed by atoms with Gasteiger partial charge in [-0.2, -0.15) is 8.42 Å². The van der Waals surface area contributed by atoms with E-state index in [1.165, 1.54) is 64.3 Å². The van der Waals surface area contributed by atoms with Crippen LogP contribution in [0.15, 0.2) is 18.7 Å². The van der Waals surface area contributed by atoms with Crippen LogP contribution in [0.4, 0.5) is 0 Å². The summed E-state index contributed by atoms with van der Waals surface area (Å²) in [5.41, 5.74) is 0. The minimum Gasteiger partial charge on any atom is -0.337 e. The minimum atomic E-state index is -4.67. The number of nitrogens with zero attached hydrogens (tertiary/aromatic N) is 2. The molecule has 0 amide bonds. The Hall–Kier alpha value is -0.920. The molecule has 1 aliphatic carbocycles. The van der Waals surface area contributed by atoms with Crippen molar-refractivity contribution in [3.8, 4) is 0 Å². The molecule has 1 atom stereocenters. The summed E-state index contributed by atoms with van der Waals surface area (Å²) in [7, 11) is -4.67. The van der Waals surface area contributed by atoms with E-state index in [4.69, 9.17) is 17.5 Å². The van der Waals surface area contributed by atoms with E-state index in [0.717, 1.165) is 11.8 Å². The highest BCUT2D eigenvalue weighted by Crippen LogP contribution is 2.31. The fraction of sp³-hybridized carbons (Fsp3) is 0.812. The fourth-order valence-electron chi connectivity index (χ4n) is 3.36. The molecule has 1 aliphatic rings. The van der Waals surface area contributed by atoms with Gasteiger partial charge in [0.2, 0.25) is 0 Å². The van der Waals surface area contributed by atoms with Crippen molar-refractivity contribution in [3.05, 3.63) is 18.7 Å². The van der Waals surface area contributed by atoms with E-state index in [1.807, 2.05) is 12.5 Å². The molecule has 1 fully saturated rings. The summed E-state index contributed by atoms with van der Waals surface area (Å²) in [5, 5.41) is 0. The molecule has 1 saturated carbocycles. The molecule has 134 valence electrons. The monoisotopic (exact) mass is 346 g/mol. The van der Waals surface area contributed by atoms with Crippen LogP contribution in [-0.4, -0.2) is 27.1 Å². The lowest BCUT2D eigenvalue weighted by Gasteiger charge is -2.26. The highest BCUT2D eigenvalue weighted by Gasteiger charge is 2.19. The Kier molecular flexibility index (Phi) is 9.43. The van der Waals surface area contributed by atoms with Crippen molar-refractivity contribution in [1.82, 2.24) is 9.55 Å². The Labute approximate surface area is 139 Å². The highest BCUT2D eigenvalue weighted by molar-refractivity contribution is 7.79.